The highest BCUT2D eigenvalue weighted by molar-refractivity contribution is 7.21. The minimum absolute atomic E-state index is 1.30. The lowest BCUT2D eigenvalue weighted by Crippen LogP contribution is -2.68. The summed E-state index contributed by atoms with van der Waals surface area (Å²) in [5, 5.41) is 1.31. The van der Waals surface area contributed by atoms with Crippen molar-refractivity contribution in [3.05, 3.63) is 66.2 Å². The van der Waals surface area contributed by atoms with Gasteiger partial charge in [0.1, 0.15) is 0 Å². The lowest BCUT2D eigenvalue weighted by atomic mass is 10.1. The Balaban J connectivity index is 0.000000309. The summed E-state index contributed by atoms with van der Waals surface area (Å²) in [6, 6.07) is 21.6. The Morgan fingerprint density at radius 1 is 0.773 bits per heavy atom. The van der Waals surface area contributed by atoms with Gasteiger partial charge >= 0.3 is 0 Å². The first-order valence-corrected chi connectivity index (χ1v) is 8.39. The van der Waals surface area contributed by atoms with E-state index < -0.39 is 10.2 Å². The molecule has 0 amide bonds. The van der Waals surface area contributed by atoms with E-state index in [1.165, 1.54) is 26.1 Å². The molecule has 0 bridgehead atoms. The average Bonchev–Trinajstić information content (AvgIpc) is 2.46. The Morgan fingerprint density at radius 3 is 2.00 bits per heavy atom. The fourth-order valence-electron chi connectivity index (χ4n) is 1.90. The van der Waals surface area contributed by atoms with Gasteiger partial charge in [0.05, 0.1) is 0 Å². The van der Waals surface area contributed by atoms with Crippen LogP contribution in [0.15, 0.2) is 60.7 Å². The van der Waals surface area contributed by atoms with E-state index in [9.17, 15) is 0 Å². The summed E-state index contributed by atoms with van der Waals surface area (Å²) in [5.41, 5.74) is 2.60. The maximum absolute atomic E-state index is 8.49. The second kappa shape index (κ2) is 7.11. The number of fused-ring (bicyclic) bond motifs is 1. The highest BCUT2D eigenvalue weighted by Gasteiger charge is 2.12. The van der Waals surface area contributed by atoms with Gasteiger partial charge in [-0.3, -0.25) is 0 Å². The SMILES string of the molecule is Cc1ccc(-c2ccc3ccccc3[s+]2)cc1.[O-][Cl+3]([O-])([O-])[O-]. The molecule has 0 unspecified atom stereocenters. The molecule has 0 aliphatic carbocycles. The van der Waals surface area contributed by atoms with Crippen molar-refractivity contribution in [2.45, 2.75) is 6.92 Å². The van der Waals surface area contributed by atoms with Crippen LogP contribution in [0.4, 0.5) is 0 Å². The van der Waals surface area contributed by atoms with Crippen molar-refractivity contribution in [1.82, 2.24) is 0 Å². The Labute approximate surface area is 134 Å². The van der Waals surface area contributed by atoms with Crippen LogP contribution >= 0.6 is 11.3 Å². The Morgan fingerprint density at radius 2 is 1.36 bits per heavy atom. The van der Waals surface area contributed by atoms with E-state index in [1.807, 2.05) is 11.3 Å². The van der Waals surface area contributed by atoms with Crippen molar-refractivity contribution in [2.24, 2.45) is 0 Å². The van der Waals surface area contributed by atoms with Crippen molar-refractivity contribution < 1.29 is 28.9 Å². The van der Waals surface area contributed by atoms with Gasteiger partial charge in [0.25, 0.3) is 0 Å². The monoisotopic (exact) mass is 336 g/mol. The lowest BCUT2D eigenvalue weighted by molar-refractivity contribution is -2.00. The molecule has 2 aromatic carbocycles. The fraction of sp³-hybridized carbons (Fsp3) is 0.0625. The zero-order chi connectivity index (χ0) is 16.2. The van der Waals surface area contributed by atoms with Crippen molar-refractivity contribution in [2.75, 3.05) is 0 Å². The first kappa shape index (κ1) is 16.8. The summed E-state index contributed by atoms with van der Waals surface area (Å²) < 4.78 is 35.3. The van der Waals surface area contributed by atoms with E-state index in [0.717, 1.165) is 0 Å². The van der Waals surface area contributed by atoms with Crippen LogP contribution in [0.1, 0.15) is 5.56 Å². The molecule has 1 heterocycles. The number of aryl methyl sites for hydroxylation is 1. The number of rotatable bonds is 1. The molecule has 0 N–H and O–H groups in total. The quantitative estimate of drug-likeness (QED) is 0.601. The molecule has 1 aromatic heterocycles. The van der Waals surface area contributed by atoms with E-state index in [2.05, 4.69) is 67.6 Å². The molecule has 0 fully saturated rings. The van der Waals surface area contributed by atoms with E-state index in [-0.39, 0.29) is 0 Å². The number of benzene rings is 2. The third kappa shape index (κ3) is 5.31. The molecule has 0 aliphatic heterocycles. The zero-order valence-electron chi connectivity index (χ0n) is 11.7. The molecular weight excluding hydrogens is 324 g/mol. The summed E-state index contributed by atoms with van der Waals surface area (Å²) in [6.45, 7) is 2.12. The molecule has 0 atom stereocenters. The van der Waals surface area contributed by atoms with Gasteiger partial charge in [0.2, 0.25) is 20.9 Å². The predicted octanol–water partition coefficient (Wildman–Crippen LogP) is 0.402. The smallest absolute Gasteiger partial charge is 0.222 e. The molecule has 0 saturated carbocycles. The number of halogens is 1. The molecule has 0 spiro atoms. The van der Waals surface area contributed by atoms with E-state index in [1.54, 1.807) is 0 Å². The highest BCUT2D eigenvalue weighted by atomic mass is 35.7. The summed E-state index contributed by atoms with van der Waals surface area (Å²) in [5.74, 6) is 0. The number of hydrogen-bond acceptors (Lipinski definition) is 4. The van der Waals surface area contributed by atoms with Gasteiger partial charge in [-0.15, -0.1) is 10.2 Å². The van der Waals surface area contributed by atoms with Gasteiger partial charge in [-0.2, -0.15) is 0 Å². The summed E-state index contributed by atoms with van der Waals surface area (Å²) in [7, 11) is -4.94. The van der Waals surface area contributed by atoms with Crippen LogP contribution in [0.2, 0.25) is 0 Å². The van der Waals surface area contributed by atoms with E-state index >= 15 is 0 Å². The van der Waals surface area contributed by atoms with E-state index in [0.29, 0.717) is 0 Å². The molecule has 3 aromatic rings. The third-order valence-corrected chi connectivity index (χ3v) is 4.07. The molecular formula is C16H13ClO4S. The molecule has 0 aliphatic rings. The second-order valence-electron chi connectivity index (χ2n) is 4.58. The van der Waals surface area contributed by atoms with Crippen LogP contribution in [-0.2, 0) is 0 Å². The van der Waals surface area contributed by atoms with Gasteiger partial charge in [0, 0.05) is 23.1 Å². The average molecular weight is 337 g/mol. The molecule has 4 nitrogen and oxygen atoms in total. The predicted molar refractivity (Wildman–Crippen MR) is 76.4 cm³/mol. The lowest BCUT2D eigenvalue weighted by Gasteiger charge is -2.17. The van der Waals surface area contributed by atoms with Crippen molar-refractivity contribution in [1.29, 1.82) is 0 Å². The van der Waals surface area contributed by atoms with Gasteiger partial charge in [0.15, 0.2) is 0 Å². The largest absolute Gasteiger partial charge is 0.238 e. The second-order valence-corrected chi connectivity index (χ2v) is 6.42. The first-order chi connectivity index (χ1) is 10.3. The highest BCUT2D eigenvalue weighted by Crippen LogP contribution is 2.30. The van der Waals surface area contributed by atoms with E-state index in [4.69, 9.17) is 18.6 Å². The molecule has 22 heavy (non-hydrogen) atoms. The third-order valence-electron chi connectivity index (χ3n) is 2.89. The Hall–Kier alpha value is -1.60. The van der Waals surface area contributed by atoms with Crippen molar-refractivity contribution in [3.8, 4) is 10.4 Å². The molecule has 114 valence electrons. The summed E-state index contributed by atoms with van der Waals surface area (Å²) in [6.07, 6.45) is 0. The van der Waals surface area contributed by atoms with Crippen molar-refractivity contribution in [3.63, 3.8) is 0 Å². The molecule has 3 rings (SSSR count). The van der Waals surface area contributed by atoms with Crippen LogP contribution in [-0.4, -0.2) is 0 Å². The maximum atomic E-state index is 8.49. The van der Waals surface area contributed by atoms with Gasteiger partial charge in [-0.25, -0.2) is 18.6 Å². The van der Waals surface area contributed by atoms with Crippen LogP contribution in [0.3, 0.4) is 0 Å². The maximum Gasteiger partial charge on any atom is 0.238 e. The number of hydrogen-bond donors (Lipinski definition) is 0. The molecule has 6 heteroatoms. The Bertz CT molecular complexity index is 748. The first-order valence-electron chi connectivity index (χ1n) is 6.33. The van der Waals surface area contributed by atoms with Crippen LogP contribution in [0, 0.1) is 17.2 Å². The van der Waals surface area contributed by atoms with Gasteiger partial charge < -0.3 is 0 Å². The molecule has 0 radical (unpaired) electrons. The van der Waals surface area contributed by atoms with Gasteiger partial charge in [-0.05, 0) is 31.2 Å². The Kier molecular flexibility index (Phi) is 5.42. The summed E-state index contributed by atoms with van der Waals surface area (Å²) >= 11 is 1.85. The fourth-order valence-corrected chi connectivity index (χ4v) is 2.93. The van der Waals surface area contributed by atoms with Crippen LogP contribution in [0.25, 0.3) is 20.5 Å². The van der Waals surface area contributed by atoms with Crippen LogP contribution in [0.5, 0.6) is 0 Å². The molecule has 0 saturated heterocycles. The summed E-state index contributed by atoms with van der Waals surface area (Å²) in [4.78, 5) is 1.32. The topological polar surface area (TPSA) is 92.2 Å². The van der Waals surface area contributed by atoms with Crippen LogP contribution < -0.4 is 18.6 Å². The minimum Gasteiger partial charge on any atom is -0.222 e. The van der Waals surface area contributed by atoms with Crippen molar-refractivity contribution >= 4 is 21.4 Å². The van der Waals surface area contributed by atoms with Gasteiger partial charge in [-0.1, -0.05) is 29.8 Å². The normalized spacial score (nSPS) is 11.0. The minimum atomic E-state index is -4.94. The zero-order valence-corrected chi connectivity index (χ0v) is 13.3. The standard InChI is InChI=1S/C16H13S.ClHO4/c1-12-6-8-14(9-7-12)16-11-10-13-4-2-3-5-15(13)17-16;2-1(3,4)5/h2-11H,1H3;(H,2,3,4,5)/q+1;/p-1.